The van der Waals surface area contributed by atoms with Crippen LogP contribution in [0.4, 0.5) is 0 Å². The lowest BCUT2D eigenvalue weighted by Crippen LogP contribution is -2.20. The van der Waals surface area contributed by atoms with Gasteiger partial charge in [0, 0.05) is 11.8 Å². The summed E-state index contributed by atoms with van der Waals surface area (Å²) in [6.07, 6.45) is 1.80. The monoisotopic (exact) mass is 272 g/mol. The van der Waals surface area contributed by atoms with Gasteiger partial charge in [-0.1, -0.05) is 6.07 Å². The van der Waals surface area contributed by atoms with Crippen molar-refractivity contribution in [3.63, 3.8) is 0 Å². The second kappa shape index (κ2) is 6.39. The molecule has 2 aromatic rings. The summed E-state index contributed by atoms with van der Waals surface area (Å²) in [5.41, 5.74) is 3.13. The predicted molar refractivity (Wildman–Crippen MR) is 79.4 cm³/mol. The summed E-state index contributed by atoms with van der Waals surface area (Å²) in [6.45, 7) is 2.05. The van der Waals surface area contributed by atoms with Gasteiger partial charge in [0.2, 0.25) is 0 Å². The van der Waals surface area contributed by atoms with Crippen LogP contribution in [0.15, 0.2) is 36.5 Å². The molecule has 106 valence electrons. The fraction of sp³-hybridized carbons (Fsp3) is 0.312. The first-order chi connectivity index (χ1) is 9.71. The van der Waals surface area contributed by atoms with E-state index in [1.807, 2.05) is 31.3 Å². The molecule has 20 heavy (non-hydrogen) atoms. The zero-order chi connectivity index (χ0) is 14.5. The van der Waals surface area contributed by atoms with E-state index in [1.165, 1.54) is 0 Å². The minimum Gasteiger partial charge on any atom is -0.497 e. The molecule has 4 heteroatoms. The fourth-order valence-corrected chi connectivity index (χ4v) is 2.30. The number of nitrogens with zero attached hydrogens (tertiary/aromatic N) is 1. The van der Waals surface area contributed by atoms with E-state index in [2.05, 4.69) is 23.3 Å². The van der Waals surface area contributed by atoms with Gasteiger partial charge in [0.05, 0.1) is 26.0 Å². The molecule has 0 aliphatic heterocycles. The van der Waals surface area contributed by atoms with Crippen LogP contribution in [0, 0.1) is 6.92 Å². The molecule has 0 aliphatic rings. The summed E-state index contributed by atoms with van der Waals surface area (Å²) >= 11 is 0. The Morgan fingerprint density at radius 3 is 2.55 bits per heavy atom. The van der Waals surface area contributed by atoms with E-state index in [4.69, 9.17) is 9.47 Å². The van der Waals surface area contributed by atoms with Gasteiger partial charge in [0.15, 0.2) is 0 Å². The number of pyridine rings is 1. The van der Waals surface area contributed by atoms with Crippen molar-refractivity contribution in [2.24, 2.45) is 0 Å². The molecule has 4 nitrogen and oxygen atoms in total. The van der Waals surface area contributed by atoms with Crippen molar-refractivity contribution in [2.75, 3.05) is 21.3 Å². The molecule has 0 saturated carbocycles. The Morgan fingerprint density at radius 2 is 1.95 bits per heavy atom. The molecule has 0 bridgehead atoms. The molecule has 0 saturated heterocycles. The maximum atomic E-state index is 5.47. The van der Waals surface area contributed by atoms with Crippen LogP contribution in [0.3, 0.4) is 0 Å². The number of rotatable bonds is 5. The zero-order valence-electron chi connectivity index (χ0n) is 12.3. The molecule has 1 unspecified atom stereocenters. The Kier molecular flexibility index (Phi) is 4.58. The summed E-state index contributed by atoms with van der Waals surface area (Å²) in [6, 6.07) is 9.74. The normalized spacial score (nSPS) is 12.0. The number of ether oxygens (including phenoxy) is 2. The van der Waals surface area contributed by atoms with Crippen LogP contribution in [-0.4, -0.2) is 26.3 Å². The summed E-state index contributed by atoms with van der Waals surface area (Å²) in [5.74, 6) is 1.62. The van der Waals surface area contributed by atoms with Gasteiger partial charge in [-0.15, -0.1) is 0 Å². The van der Waals surface area contributed by atoms with Crippen molar-refractivity contribution in [1.82, 2.24) is 10.3 Å². The van der Waals surface area contributed by atoms with Crippen LogP contribution in [0.25, 0.3) is 0 Å². The van der Waals surface area contributed by atoms with E-state index >= 15 is 0 Å². The number of aryl methyl sites for hydroxylation is 1. The molecule has 0 spiro atoms. The van der Waals surface area contributed by atoms with Crippen molar-refractivity contribution < 1.29 is 9.47 Å². The van der Waals surface area contributed by atoms with E-state index < -0.39 is 0 Å². The number of methoxy groups -OCH3 is 2. The highest BCUT2D eigenvalue weighted by molar-refractivity contribution is 5.46. The van der Waals surface area contributed by atoms with Crippen LogP contribution >= 0.6 is 0 Å². The predicted octanol–water partition coefficient (Wildman–Crippen LogP) is 2.72. The third kappa shape index (κ3) is 2.75. The Morgan fingerprint density at radius 1 is 1.15 bits per heavy atom. The Hall–Kier alpha value is -2.07. The van der Waals surface area contributed by atoms with Gasteiger partial charge in [-0.2, -0.15) is 0 Å². The van der Waals surface area contributed by atoms with Crippen LogP contribution < -0.4 is 14.8 Å². The minimum absolute atomic E-state index is 0.0405. The van der Waals surface area contributed by atoms with E-state index in [1.54, 1.807) is 20.4 Å². The van der Waals surface area contributed by atoms with Gasteiger partial charge in [-0.25, -0.2) is 0 Å². The summed E-state index contributed by atoms with van der Waals surface area (Å²) in [4.78, 5) is 4.50. The van der Waals surface area contributed by atoms with E-state index in [0.29, 0.717) is 0 Å². The standard InChI is InChI=1S/C16H20N2O2/c1-11-6-5-9-18-15(11)16(17-2)13-10-12(19-3)7-8-14(13)20-4/h5-10,16-17H,1-4H3. The third-order valence-corrected chi connectivity index (χ3v) is 3.36. The molecule has 0 fully saturated rings. The van der Waals surface area contributed by atoms with Gasteiger partial charge in [-0.3, -0.25) is 4.98 Å². The SMILES string of the molecule is CNC(c1cc(OC)ccc1OC)c1ncccc1C. The lowest BCUT2D eigenvalue weighted by atomic mass is 9.99. The molecule has 1 N–H and O–H groups in total. The van der Waals surface area contributed by atoms with Crippen LogP contribution in [0.1, 0.15) is 22.9 Å². The highest BCUT2D eigenvalue weighted by atomic mass is 16.5. The maximum absolute atomic E-state index is 5.47. The molecule has 0 aliphatic carbocycles. The van der Waals surface area contributed by atoms with E-state index in [-0.39, 0.29) is 6.04 Å². The molecule has 1 aromatic carbocycles. The first-order valence-corrected chi connectivity index (χ1v) is 6.52. The maximum Gasteiger partial charge on any atom is 0.124 e. The highest BCUT2D eigenvalue weighted by Gasteiger charge is 2.20. The van der Waals surface area contributed by atoms with Gasteiger partial charge < -0.3 is 14.8 Å². The Bertz CT molecular complexity index is 584. The lowest BCUT2D eigenvalue weighted by Gasteiger charge is -2.21. The van der Waals surface area contributed by atoms with Crippen LogP contribution in [-0.2, 0) is 0 Å². The summed E-state index contributed by atoms with van der Waals surface area (Å²) < 4.78 is 10.8. The third-order valence-electron chi connectivity index (χ3n) is 3.36. The van der Waals surface area contributed by atoms with Crippen molar-refractivity contribution in [2.45, 2.75) is 13.0 Å². The molecule has 1 heterocycles. The quantitative estimate of drug-likeness (QED) is 0.909. The molecule has 1 atom stereocenters. The van der Waals surface area contributed by atoms with Gasteiger partial charge in [0.1, 0.15) is 11.5 Å². The van der Waals surface area contributed by atoms with Gasteiger partial charge in [0.25, 0.3) is 0 Å². The number of aromatic nitrogens is 1. The lowest BCUT2D eigenvalue weighted by molar-refractivity contribution is 0.394. The van der Waals surface area contributed by atoms with Crippen LogP contribution in [0.2, 0.25) is 0 Å². The van der Waals surface area contributed by atoms with Gasteiger partial charge in [-0.05, 0) is 43.8 Å². The zero-order valence-corrected chi connectivity index (χ0v) is 12.3. The number of nitrogens with one attached hydrogen (secondary N) is 1. The Labute approximate surface area is 119 Å². The number of benzene rings is 1. The van der Waals surface area contributed by atoms with E-state index in [0.717, 1.165) is 28.3 Å². The average molecular weight is 272 g/mol. The fourth-order valence-electron chi connectivity index (χ4n) is 2.30. The topological polar surface area (TPSA) is 43.4 Å². The number of hydrogen-bond donors (Lipinski definition) is 1. The molecular formula is C16H20N2O2. The summed E-state index contributed by atoms with van der Waals surface area (Å²) in [5, 5.41) is 3.30. The smallest absolute Gasteiger partial charge is 0.124 e. The molecule has 0 amide bonds. The average Bonchev–Trinajstić information content (AvgIpc) is 2.49. The van der Waals surface area contributed by atoms with Crippen molar-refractivity contribution >= 4 is 0 Å². The number of hydrogen-bond acceptors (Lipinski definition) is 4. The van der Waals surface area contributed by atoms with Crippen molar-refractivity contribution in [1.29, 1.82) is 0 Å². The van der Waals surface area contributed by atoms with Crippen LogP contribution in [0.5, 0.6) is 11.5 Å². The second-order valence-electron chi connectivity index (χ2n) is 4.54. The van der Waals surface area contributed by atoms with E-state index in [9.17, 15) is 0 Å². The van der Waals surface area contributed by atoms with Crippen molar-refractivity contribution in [3.8, 4) is 11.5 Å². The second-order valence-corrected chi connectivity index (χ2v) is 4.54. The Balaban J connectivity index is 2.54. The summed E-state index contributed by atoms with van der Waals surface area (Å²) in [7, 11) is 5.24. The first kappa shape index (κ1) is 14.3. The highest BCUT2D eigenvalue weighted by Crippen LogP contribution is 2.33. The van der Waals surface area contributed by atoms with Gasteiger partial charge >= 0.3 is 0 Å². The first-order valence-electron chi connectivity index (χ1n) is 6.52. The molecular weight excluding hydrogens is 252 g/mol. The minimum atomic E-state index is -0.0405. The molecule has 1 aromatic heterocycles. The molecule has 0 radical (unpaired) electrons. The largest absolute Gasteiger partial charge is 0.497 e. The van der Waals surface area contributed by atoms with Crippen molar-refractivity contribution in [3.05, 3.63) is 53.3 Å². The molecule has 2 rings (SSSR count).